The Bertz CT molecular complexity index is 1060. The fourth-order valence-corrected chi connectivity index (χ4v) is 4.51. The molecule has 0 N–H and O–H groups in total. The van der Waals surface area contributed by atoms with E-state index in [0.29, 0.717) is 38.2 Å². The number of amides is 2. The van der Waals surface area contributed by atoms with Crippen molar-refractivity contribution in [1.82, 2.24) is 14.8 Å². The second kappa shape index (κ2) is 9.20. The number of hydrogen-bond acceptors (Lipinski definition) is 4. The molecule has 2 aliphatic heterocycles. The number of rotatable bonds is 4. The van der Waals surface area contributed by atoms with E-state index in [0.717, 1.165) is 22.4 Å². The predicted molar refractivity (Wildman–Crippen MR) is 122 cm³/mol. The summed E-state index contributed by atoms with van der Waals surface area (Å²) in [4.78, 5) is 28.7. The van der Waals surface area contributed by atoms with E-state index in [1.165, 1.54) is 11.1 Å². The highest BCUT2D eigenvalue weighted by molar-refractivity contribution is 6.04. The topological polar surface area (TPSA) is 56.2 Å². The maximum atomic E-state index is 14.7. The van der Waals surface area contributed by atoms with Crippen molar-refractivity contribution < 1.29 is 14.0 Å². The molecule has 1 unspecified atom stereocenters. The van der Waals surface area contributed by atoms with Crippen molar-refractivity contribution in [3.63, 3.8) is 0 Å². The van der Waals surface area contributed by atoms with Gasteiger partial charge in [0.1, 0.15) is 5.82 Å². The molecule has 4 rings (SSSR count). The van der Waals surface area contributed by atoms with Crippen molar-refractivity contribution in [2.24, 2.45) is 5.10 Å². The number of benzene rings is 2. The van der Waals surface area contributed by atoms with Crippen molar-refractivity contribution in [1.29, 1.82) is 0 Å². The Kier molecular flexibility index (Phi) is 6.37. The van der Waals surface area contributed by atoms with Gasteiger partial charge in [0.15, 0.2) is 0 Å². The molecular formula is C25H29FN4O2. The van der Waals surface area contributed by atoms with Gasteiger partial charge < -0.3 is 4.90 Å². The molecule has 2 heterocycles. The van der Waals surface area contributed by atoms with Crippen LogP contribution in [0.25, 0.3) is 0 Å². The van der Waals surface area contributed by atoms with Gasteiger partial charge in [-0.1, -0.05) is 42.0 Å². The number of carbonyl (C=O) groups is 2. The van der Waals surface area contributed by atoms with E-state index >= 15 is 0 Å². The van der Waals surface area contributed by atoms with E-state index in [2.05, 4.69) is 6.07 Å². The third-order valence-corrected chi connectivity index (χ3v) is 6.30. The average Bonchev–Trinajstić information content (AvgIpc) is 3.19. The molecule has 0 aliphatic carbocycles. The Balaban J connectivity index is 1.58. The second-order valence-electron chi connectivity index (χ2n) is 8.63. The maximum absolute atomic E-state index is 14.7. The summed E-state index contributed by atoms with van der Waals surface area (Å²) in [6.45, 7) is 8.31. The average molecular weight is 437 g/mol. The number of hydrogen-bond donors (Lipinski definition) is 0. The third kappa shape index (κ3) is 4.58. The molecule has 0 saturated carbocycles. The lowest BCUT2D eigenvalue weighted by Gasteiger charge is -2.34. The van der Waals surface area contributed by atoms with Crippen LogP contribution in [-0.4, -0.2) is 65.1 Å². The summed E-state index contributed by atoms with van der Waals surface area (Å²) in [6.07, 6.45) is 0.467. The molecule has 1 saturated heterocycles. The van der Waals surface area contributed by atoms with Crippen LogP contribution < -0.4 is 0 Å². The van der Waals surface area contributed by atoms with Gasteiger partial charge in [-0.3, -0.25) is 14.5 Å². The van der Waals surface area contributed by atoms with E-state index in [1.807, 2.05) is 30.9 Å². The maximum Gasteiger partial charge on any atom is 0.257 e. The molecule has 2 amide bonds. The Hall–Kier alpha value is -3.06. The second-order valence-corrected chi connectivity index (χ2v) is 8.63. The SMILES string of the molecule is CC(=O)N1CCN(CC(=O)N2N=C(c3ccc(C)cc3C)CC2c2ccccc2F)CC1. The quantitative estimate of drug-likeness (QED) is 0.739. The summed E-state index contributed by atoms with van der Waals surface area (Å²) >= 11 is 0. The van der Waals surface area contributed by atoms with Gasteiger partial charge in [0.05, 0.1) is 18.3 Å². The number of halogens is 1. The Morgan fingerprint density at radius 2 is 1.78 bits per heavy atom. The van der Waals surface area contributed by atoms with Crippen LogP contribution in [0.5, 0.6) is 0 Å². The number of aryl methyl sites for hydroxylation is 2. The summed E-state index contributed by atoms with van der Waals surface area (Å²) in [6, 6.07) is 12.3. The lowest BCUT2D eigenvalue weighted by atomic mass is 9.95. The van der Waals surface area contributed by atoms with Crippen LogP contribution in [0.4, 0.5) is 4.39 Å². The molecule has 7 heteroatoms. The molecule has 2 aromatic rings. The number of piperazine rings is 1. The van der Waals surface area contributed by atoms with Crippen LogP contribution in [0.15, 0.2) is 47.6 Å². The fraction of sp³-hybridized carbons (Fsp3) is 0.400. The molecule has 0 radical (unpaired) electrons. The first-order valence-electron chi connectivity index (χ1n) is 11.0. The summed E-state index contributed by atoms with van der Waals surface area (Å²) < 4.78 is 14.7. The lowest BCUT2D eigenvalue weighted by molar-refractivity contribution is -0.135. The van der Waals surface area contributed by atoms with Gasteiger partial charge in [-0.2, -0.15) is 5.10 Å². The summed E-state index contributed by atoms with van der Waals surface area (Å²) in [5.41, 5.74) is 4.51. The molecule has 6 nitrogen and oxygen atoms in total. The van der Waals surface area contributed by atoms with Crippen LogP contribution in [0, 0.1) is 19.7 Å². The van der Waals surface area contributed by atoms with Gasteiger partial charge in [0.25, 0.3) is 5.91 Å². The van der Waals surface area contributed by atoms with Gasteiger partial charge >= 0.3 is 0 Å². The van der Waals surface area contributed by atoms with E-state index in [1.54, 1.807) is 30.0 Å². The zero-order valence-electron chi connectivity index (χ0n) is 18.8. The minimum atomic E-state index is -0.474. The first-order valence-corrected chi connectivity index (χ1v) is 11.0. The van der Waals surface area contributed by atoms with Gasteiger partial charge in [0, 0.05) is 50.7 Å². The van der Waals surface area contributed by atoms with E-state index in [-0.39, 0.29) is 24.2 Å². The molecule has 0 spiro atoms. The Morgan fingerprint density at radius 1 is 1.06 bits per heavy atom. The van der Waals surface area contributed by atoms with Crippen LogP contribution in [0.3, 0.4) is 0 Å². The van der Waals surface area contributed by atoms with Crippen molar-refractivity contribution in [2.45, 2.75) is 33.2 Å². The first-order chi connectivity index (χ1) is 15.3. The minimum Gasteiger partial charge on any atom is -0.340 e. The highest BCUT2D eigenvalue weighted by Gasteiger charge is 2.35. The molecular weight excluding hydrogens is 407 g/mol. The molecule has 0 bridgehead atoms. The van der Waals surface area contributed by atoms with Crippen LogP contribution in [-0.2, 0) is 9.59 Å². The molecule has 32 heavy (non-hydrogen) atoms. The zero-order chi connectivity index (χ0) is 22.8. The standard InChI is InChI=1S/C25H29FN4O2/c1-17-8-9-20(18(2)14-17)23-15-24(21-6-4-5-7-22(21)26)30(27-23)25(32)16-28-10-12-29(13-11-28)19(3)31/h4-9,14,24H,10-13,15-16H2,1-3H3. The van der Waals surface area contributed by atoms with E-state index in [9.17, 15) is 14.0 Å². The smallest absolute Gasteiger partial charge is 0.257 e. The first kappa shape index (κ1) is 22.1. The van der Waals surface area contributed by atoms with Gasteiger partial charge in [-0.25, -0.2) is 9.40 Å². The Morgan fingerprint density at radius 3 is 2.44 bits per heavy atom. The number of hydrazone groups is 1. The van der Waals surface area contributed by atoms with E-state index < -0.39 is 6.04 Å². The predicted octanol–water partition coefficient (Wildman–Crippen LogP) is 3.28. The molecule has 1 atom stereocenters. The van der Waals surface area contributed by atoms with Crippen molar-refractivity contribution in [3.8, 4) is 0 Å². The lowest BCUT2D eigenvalue weighted by Crippen LogP contribution is -2.50. The van der Waals surface area contributed by atoms with E-state index in [4.69, 9.17) is 5.10 Å². The third-order valence-electron chi connectivity index (χ3n) is 6.30. The molecule has 1 fully saturated rings. The summed E-state index contributed by atoms with van der Waals surface area (Å²) in [7, 11) is 0. The summed E-state index contributed by atoms with van der Waals surface area (Å²) in [5, 5.41) is 6.16. The Labute approximate surface area is 188 Å². The minimum absolute atomic E-state index is 0.0536. The number of carbonyl (C=O) groups excluding carboxylic acids is 2. The molecule has 168 valence electrons. The highest BCUT2D eigenvalue weighted by atomic mass is 19.1. The van der Waals surface area contributed by atoms with Crippen LogP contribution in [0.1, 0.15) is 41.6 Å². The van der Waals surface area contributed by atoms with Crippen molar-refractivity contribution in [2.75, 3.05) is 32.7 Å². The highest BCUT2D eigenvalue weighted by Crippen LogP contribution is 2.35. The van der Waals surface area contributed by atoms with Gasteiger partial charge in [-0.05, 0) is 25.5 Å². The normalized spacial score (nSPS) is 19.2. The summed E-state index contributed by atoms with van der Waals surface area (Å²) in [5.74, 6) is -0.436. The molecule has 2 aromatic carbocycles. The van der Waals surface area contributed by atoms with Crippen molar-refractivity contribution >= 4 is 17.5 Å². The monoisotopic (exact) mass is 436 g/mol. The van der Waals surface area contributed by atoms with Crippen molar-refractivity contribution in [3.05, 3.63) is 70.5 Å². The van der Waals surface area contributed by atoms with Crippen LogP contribution in [0.2, 0.25) is 0 Å². The molecule has 2 aliphatic rings. The van der Waals surface area contributed by atoms with Crippen LogP contribution >= 0.6 is 0 Å². The number of nitrogens with zero attached hydrogens (tertiary/aromatic N) is 4. The largest absolute Gasteiger partial charge is 0.340 e. The zero-order valence-corrected chi connectivity index (χ0v) is 18.8. The fourth-order valence-electron chi connectivity index (χ4n) is 4.51. The van der Waals surface area contributed by atoms with Gasteiger partial charge in [0.2, 0.25) is 5.91 Å². The van der Waals surface area contributed by atoms with Gasteiger partial charge in [-0.15, -0.1) is 0 Å². The molecule has 0 aromatic heterocycles.